The van der Waals surface area contributed by atoms with Crippen LogP contribution in [-0.4, -0.2) is 64.5 Å². The van der Waals surface area contributed by atoms with Crippen molar-refractivity contribution in [1.82, 2.24) is 20.0 Å². The van der Waals surface area contributed by atoms with Gasteiger partial charge in [0, 0.05) is 51.1 Å². The Morgan fingerprint density at radius 2 is 2.00 bits per heavy atom. The lowest BCUT2D eigenvalue weighted by Crippen LogP contribution is -2.52. The number of aromatic amines is 1. The summed E-state index contributed by atoms with van der Waals surface area (Å²) in [6.07, 6.45) is 0.797. The molecule has 1 aromatic carbocycles. The predicted octanol–water partition coefficient (Wildman–Crippen LogP) is 3.23. The van der Waals surface area contributed by atoms with Crippen LogP contribution < -0.4 is 4.74 Å². The Balaban J connectivity index is 1.66. The van der Waals surface area contributed by atoms with Crippen LogP contribution in [0.25, 0.3) is 0 Å². The van der Waals surface area contributed by atoms with Crippen molar-refractivity contribution < 1.29 is 9.84 Å². The molecule has 1 saturated heterocycles. The summed E-state index contributed by atoms with van der Waals surface area (Å²) in [7, 11) is 1.72. The lowest BCUT2D eigenvalue weighted by Gasteiger charge is -2.41. The zero-order valence-corrected chi connectivity index (χ0v) is 18.5. The number of rotatable bonds is 8. The number of ether oxygens (including phenoxy) is 1. The third kappa shape index (κ3) is 5.18. The fraction of sp³-hybridized carbons (Fsp3) is 0.609. The monoisotopic (exact) mass is 400 g/mol. The third-order valence-corrected chi connectivity index (χ3v) is 6.23. The second-order valence-electron chi connectivity index (χ2n) is 8.52. The van der Waals surface area contributed by atoms with E-state index in [-0.39, 0.29) is 6.61 Å². The number of hydrogen-bond donors (Lipinski definition) is 2. The maximum absolute atomic E-state index is 9.63. The van der Waals surface area contributed by atoms with Crippen LogP contribution in [-0.2, 0) is 13.1 Å². The molecule has 29 heavy (non-hydrogen) atoms. The molecule has 0 unspecified atom stereocenters. The molecule has 1 fully saturated rings. The molecule has 0 spiro atoms. The highest BCUT2D eigenvalue weighted by molar-refractivity contribution is 5.43. The van der Waals surface area contributed by atoms with Gasteiger partial charge in [-0.25, -0.2) is 0 Å². The van der Waals surface area contributed by atoms with Crippen molar-refractivity contribution in [2.45, 2.75) is 59.2 Å². The van der Waals surface area contributed by atoms with Gasteiger partial charge in [-0.3, -0.25) is 14.9 Å². The van der Waals surface area contributed by atoms with Gasteiger partial charge in [-0.1, -0.05) is 19.9 Å². The van der Waals surface area contributed by atoms with E-state index < -0.39 is 0 Å². The first-order valence-electron chi connectivity index (χ1n) is 10.7. The lowest BCUT2D eigenvalue weighted by molar-refractivity contribution is 0.0492. The normalized spacial score (nSPS) is 18.5. The number of methoxy groups -OCH3 is 1. The minimum absolute atomic E-state index is 0.219. The van der Waals surface area contributed by atoms with Crippen molar-refractivity contribution >= 4 is 0 Å². The predicted molar refractivity (Wildman–Crippen MR) is 116 cm³/mol. The maximum atomic E-state index is 9.63. The van der Waals surface area contributed by atoms with Crippen LogP contribution in [0.4, 0.5) is 0 Å². The molecule has 2 aromatic rings. The minimum atomic E-state index is 0.219. The van der Waals surface area contributed by atoms with Crippen LogP contribution in [0.15, 0.2) is 18.2 Å². The third-order valence-electron chi connectivity index (χ3n) is 6.23. The Kier molecular flexibility index (Phi) is 7.33. The molecule has 3 rings (SSSR count). The Bertz CT molecular complexity index is 802. The highest BCUT2D eigenvalue weighted by Crippen LogP contribution is 2.26. The van der Waals surface area contributed by atoms with Gasteiger partial charge in [0.25, 0.3) is 0 Å². The summed E-state index contributed by atoms with van der Waals surface area (Å²) in [5, 5.41) is 17.2. The summed E-state index contributed by atoms with van der Waals surface area (Å²) < 4.78 is 5.46. The second-order valence-corrected chi connectivity index (χ2v) is 8.52. The molecular formula is C23H36N4O2. The molecular weight excluding hydrogens is 364 g/mol. The highest BCUT2D eigenvalue weighted by atomic mass is 16.5. The first-order chi connectivity index (χ1) is 13.9. The molecule has 1 aliphatic heterocycles. The number of piperazine rings is 1. The van der Waals surface area contributed by atoms with E-state index in [2.05, 4.69) is 65.9 Å². The van der Waals surface area contributed by atoms with Gasteiger partial charge < -0.3 is 9.84 Å². The van der Waals surface area contributed by atoms with E-state index >= 15 is 0 Å². The second kappa shape index (κ2) is 9.74. The molecule has 2 heterocycles. The van der Waals surface area contributed by atoms with Gasteiger partial charge in [-0.15, -0.1) is 0 Å². The van der Waals surface area contributed by atoms with E-state index in [9.17, 15) is 5.11 Å². The van der Waals surface area contributed by atoms with E-state index in [4.69, 9.17) is 4.74 Å². The van der Waals surface area contributed by atoms with E-state index in [1.165, 1.54) is 22.4 Å². The SMILES string of the molecule is COc1ccc(CN2CCN(Cc3cc(C(C)C)n[nH]3)C[C@@H]2CCO)c(C)c1C. The number of aliphatic hydroxyl groups is 1. The lowest BCUT2D eigenvalue weighted by atomic mass is 10.00. The summed E-state index contributed by atoms with van der Waals surface area (Å²) >= 11 is 0. The topological polar surface area (TPSA) is 64.6 Å². The summed E-state index contributed by atoms with van der Waals surface area (Å²) in [6, 6.07) is 6.78. The molecule has 0 aliphatic carbocycles. The van der Waals surface area contributed by atoms with Gasteiger partial charge in [-0.2, -0.15) is 5.10 Å². The number of benzene rings is 1. The fourth-order valence-corrected chi connectivity index (χ4v) is 4.19. The van der Waals surface area contributed by atoms with Gasteiger partial charge in [0.1, 0.15) is 5.75 Å². The Hall–Kier alpha value is -1.89. The summed E-state index contributed by atoms with van der Waals surface area (Å²) in [5.41, 5.74) is 6.15. The first-order valence-corrected chi connectivity index (χ1v) is 10.7. The molecule has 1 atom stereocenters. The quantitative estimate of drug-likeness (QED) is 0.712. The molecule has 1 aromatic heterocycles. The van der Waals surface area contributed by atoms with Gasteiger partial charge in [-0.05, 0) is 55.0 Å². The van der Waals surface area contributed by atoms with Crippen LogP contribution in [0.3, 0.4) is 0 Å². The van der Waals surface area contributed by atoms with E-state index in [1.54, 1.807) is 7.11 Å². The van der Waals surface area contributed by atoms with E-state index in [0.717, 1.165) is 50.6 Å². The van der Waals surface area contributed by atoms with Crippen LogP contribution in [0.5, 0.6) is 5.75 Å². The Labute approximate surface area is 174 Å². The standard InChI is InChI=1S/C23H36N4O2/c1-16(2)22-12-20(24-25-22)14-26-9-10-27(21(15-26)8-11-28)13-19-6-7-23(29-5)18(4)17(19)3/h6-7,12,16,21,28H,8-11,13-15H2,1-5H3,(H,24,25)/t21-/m0/s1. The Morgan fingerprint density at radius 1 is 1.21 bits per heavy atom. The van der Waals surface area contributed by atoms with Gasteiger partial charge in [0.15, 0.2) is 0 Å². The number of aliphatic hydroxyl groups excluding tert-OH is 1. The number of nitrogens with zero attached hydrogens (tertiary/aromatic N) is 3. The highest BCUT2D eigenvalue weighted by Gasteiger charge is 2.27. The van der Waals surface area contributed by atoms with E-state index in [0.29, 0.717) is 12.0 Å². The molecule has 2 N–H and O–H groups in total. The largest absolute Gasteiger partial charge is 0.496 e. The van der Waals surface area contributed by atoms with Crippen molar-refractivity contribution in [1.29, 1.82) is 0 Å². The van der Waals surface area contributed by atoms with Crippen molar-refractivity contribution in [3.63, 3.8) is 0 Å². The fourth-order valence-electron chi connectivity index (χ4n) is 4.19. The average Bonchev–Trinajstić information content (AvgIpc) is 3.16. The number of aromatic nitrogens is 2. The zero-order valence-electron chi connectivity index (χ0n) is 18.5. The van der Waals surface area contributed by atoms with Crippen LogP contribution >= 0.6 is 0 Å². The molecule has 6 heteroatoms. The number of nitrogens with one attached hydrogen (secondary N) is 1. The maximum Gasteiger partial charge on any atom is 0.122 e. The van der Waals surface area contributed by atoms with Crippen molar-refractivity contribution in [2.75, 3.05) is 33.4 Å². The van der Waals surface area contributed by atoms with Crippen molar-refractivity contribution in [3.8, 4) is 5.75 Å². The van der Waals surface area contributed by atoms with Gasteiger partial charge in [0.05, 0.1) is 12.8 Å². The minimum Gasteiger partial charge on any atom is -0.496 e. The van der Waals surface area contributed by atoms with E-state index in [1.807, 2.05) is 0 Å². The van der Waals surface area contributed by atoms with Crippen molar-refractivity contribution in [2.24, 2.45) is 0 Å². The molecule has 0 saturated carbocycles. The molecule has 6 nitrogen and oxygen atoms in total. The summed E-state index contributed by atoms with van der Waals surface area (Å²) in [5.74, 6) is 1.39. The molecule has 160 valence electrons. The van der Waals surface area contributed by atoms with Crippen molar-refractivity contribution in [3.05, 3.63) is 46.3 Å². The number of H-pyrrole nitrogens is 1. The van der Waals surface area contributed by atoms with Crippen LogP contribution in [0.2, 0.25) is 0 Å². The smallest absolute Gasteiger partial charge is 0.122 e. The average molecular weight is 401 g/mol. The van der Waals surface area contributed by atoms with Crippen LogP contribution in [0.1, 0.15) is 54.3 Å². The Morgan fingerprint density at radius 3 is 2.66 bits per heavy atom. The number of hydrogen-bond acceptors (Lipinski definition) is 5. The van der Waals surface area contributed by atoms with Gasteiger partial charge >= 0.3 is 0 Å². The first kappa shape index (κ1) is 21.8. The molecule has 0 bridgehead atoms. The summed E-state index contributed by atoms with van der Waals surface area (Å²) in [6.45, 7) is 13.6. The molecule has 0 radical (unpaired) electrons. The zero-order chi connectivity index (χ0) is 21.0. The summed E-state index contributed by atoms with van der Waals surface area (Å²) in [4.78, 5) is 4.99. The molecule has 1 aliphatic rings. The van der Waals surface area contributed by atoms with Gasteiger partial charge in [0.2, 0.25) is 0 Å². The van der Waals surface area contributed by atoms with Crippen LogP contribution in [0, 0.1) is 13.8 Å². The molecule has 0 amide bonds.